The summed E-state index contributed by atoms with van der Waals surface area (Å²) in [4.78, 5) is 28.3. The SMILES string of the molecule is CNC(=O)Nc1nc2c(s1)C(=O)CC(C(C)C)C2. The van der Waals surface area contributed by atoms with Crippen molar-refractivity contribution in [3.63, 3.8) is 0 Å². The summed E-state index contributed by atoms with van der Waals surface area (Å²) in [6, 6.07) is -0.311. The van der Waals surface area contributed by atoms with Crippen LogP contribution in [0.25, 0.3) is 0 Å². The summed E-state index contributed by atoms with van der Waals surface area (Å²) in [5.74, 6) is 0.983. The standard InChI is InChI=1S/C12H17N3O2S/c1-6(2)7-4-8-10(9(16)5-7)18-12(14-8)15-11(17)13-3/h6-7H,4-5H2,1-3H3,(H2,13,14,15,17). The van der Waals surface area contributed by atoms with Crippen LogP contribution in [0.3, 0.4) is 0 Å². The van der Waals surface area contributed by atoms with Gasteiger partial charge in [-0.15, -0.1) is 0 Å². The van der Waals surface area contributed by atoms with Crippen LogP contribution >= 0.6 is 11.3 Å². The molecule has 0 fully saturated rings. The molecule has 1 heterocycles. The van der Waals surface area contributed by atoms with Crippen molar-refractivity contribution in [1.82, 2.24) is 10.3 Å². The van der Waals surface area contributed by atoms with E-state index in [9.17, 15) is 9.59 Å². The van der Waals surface area contributed by atoms with Crippen molar-refractivity contribution < 1.29 is 9.59 Å². The molecule has 1 unspecified atom stereocenters. The molecule has 0 aromatic carbocycles. The minimum absolute atomic E-state index is 0.150. The Kier molecular flexibility index (Phi) is 3.65. The van der Waals surface area contributed by atoms with Crippen LogP contribution in [0.15, 0.2) is 0 Å². The maximum absolute atomic E-state index is 12.0. The molecular weight excluding hydrogens is 250 g/mol. The first kappa shape index (κ1) is 13.0. The second-order valence-corrected chi connectivity index (χ2v) is 5.83. The summed E-state index contributed by atoms with van der Waals surface area (Å²) in [5, 5.41) is 5.58. The third-order valence-electron chi connectivity index (χ3n) is 3.24. The third-order valence-corrected chi connectivity index (χ3v) is 4.30. The van der Waals surface area contributed by atoms with Crippen LogP contribution < -0.4 is 10.6 Å². The number of nitrogens with zero attached hydrogens (tertiary/aromatic N) is 1. The van der Waals surface area contributed by atoms with E-state index in [1.165, 1.54) is 11.3 Å². The van der Waals surface area contributed by atoms with Crippen LogP contribution in [-0.2, 0) is 6.42 Å². The number of aromatic nitrogens is 1. The minimum atomic E-state index is -0.311. The fourth-order valence-corrected chi connectivity index (χ4v) is 2.98. The van der Waals surface area contributed by atoms with Gasteiger partial charge >= 0.3 is 6.03 Å². The van der Waals surface area contributed by atoms with Gasteiger partial charge in [0.2, 0.25) is 0 Å². The summed E-state index contributed by atoms with van der Waals surface area (Å²) >= 11 is 1.27. The second-order valence-electron chi connectivity index (χ2n) is 4.83. The van der Waals surface area contributed by atoms with Gasteiger partial charge in [-0.05, 0) is 18.3 Å². The molecule has 0 saturated heterocycles. The van der Waals surface area contributed by atoms with Gasteiger partial charge < -0.3 is 5.32 Å². The number of fused-ring (bicyclic) bond motifs is 1. The minimum Gasteiger partial charge on any atom is -0.341 e. The number of Topliss-reactive ketones (excluding diaryl/α,β-unsaturated/α-hetero) is 1. The van der Waals surface area contributed by atoms with E-state index in [1.807, 2.05) is 0 Å². The smallest absolute Gasteiger partial charge is 0.320 e. The molecule has 1 aliphatic carbocycles. The van der Waals surface area contributed by atoms with Crippen LogP contribution in [-0.4, -0.2) is 23.8 Å². The summed E-state index contributed by atoms with van der Waals surface area (Å²) in [6.45, 7) is 4.25. The van der Waals surface area contributed by atoms with Crippen molar-refractivity contribution in [1.29, 1.82) is 0 Å². The van der Waals surface area contributed by atoms with Crippen molar-refractivity contribution in [2.45, 2.75) is 26.7 Å². The Hall–Kier alpha value is -1.43. The van der Waals surface area contributed by atoms with Gasteiger partial charge in [-0.2, -0.15) is 0 Å². The first-order valence-electron chi connectivity index (χ1n) is 6.03. The normalized spacial score (nSPS) is 18.7. The summed E-state index contributed by atoms with van der Waals surface area (Å²) in [7, 11) is 1.54. The van der Waals surface area contributed by atoms with Crippen molar-refractivity contribution in [3.8, 4) is 0 Å². The first-order chi connectivity index (χ1) is 8.51. The molecule has 0 bridgehead atoms. The summed E-state index contributed by atoms with van der Waals surface area (Å²) < 4.78 is 0. The predicted molar refractivity (Wildman–Crippen MR) is 71.2 cm³/mol. The van der Waals surface area contributed by atoms with E-state index in [0.717, 1.165) is 12.1 Å². The quantitative estimate of drug-likeness (QED) is 0.863. The molecule has 98 valence electrons. The highest BCUT2D eigenvalue weighted by Crippen LogP contribution is 2.34. The monoisotopic (exact) mass is 267 g/mol. The largest absolute Gasteiger partial charge is 0.341 e. The Labute approximate surface area is 110 Å². The molecule has 2 rings (SSSR count). The van der Waals surface area contributed by atoms with Crippen molar-refractivity contribution in [3.05, 3.63) is 10.6 Å². The number of urea groups is 1. The van der Waals surface area contributed by atoms with Gasteiger partial charge in [0.25, 0.3) is 0 Å². The molecule has 1 aromatic heterocycles. The summed E-state index contributed by atoms with van der Waals surface area (Å²) in [5.41, 5.74) is 0.835. The fourth-order valence-electron chi connectivity index (χ4n) is 2.04. The second kappa shape index (κ2) is 5.06. The van der Waals surface area contributed by atoms with Gasteiger partial charge in [0.05, 0.1) is 10.6 Å². The first-order valence-corrected chi connectivity index (χ1v) is 6.84. The zero-order chi connectivity index (χ0) is 13.3. The number of thiazole rings is 1. The Bertz CT molecular complexity index is 482. The molecule has 1 aliphatic rings. The molecule has 18 heavy (non-hydrogen) atoms. The van der Waals surface area contributed by atoms with Crippen molar-refractivity contribution >= 4 is 28.3 Å². The number of hydrogen-bond acceptors (Lipinski definition) is 4. The molecule has 1 aromatic rings. The van der Waals surface area contributed by atoms with E-state index in [4.69, 9.17) is 0 Å². The lowest BCUT2D eigenvalue weighted by Gasteiger charge is -2.23. The number of carbonyl (C=O) groups excluding carboxylic acids is 2. The topological polar surface area (TPSA) is 71.1 Å². The van der Waals surface area contributed by atoms with E-state index in [2.05, 4.69) is 29.5 Å². The molecule has 0 saturated carbocycles. The van der Waals surface area contributed by atoms with Crippen LogP contribution in [0.5, 0.6) is 0 Å². The lowest BCUT2D eigenvalue weighted by Crippen LogP contribution is -2.24. The number of carbonyl (C=O) groups is 2. The maximum atomic E-state index is 12.0. The van der Waals surface area contributed by atoms with Crippen LogP contribution in [0.1, 0.15) is 35.6 Å². The Morgan fingerprint density at radius 3 is 2.78 bits per heavy atom. The highest BCUT2D eigenvalue weighted by atomic mass is 32.1. The molecule has 5 nitrogen and oxygen atoms in total. The third kappa shape index (κ3) is 2.53. The van der Waals surface area contributed by atoms with Gasteiger partial charge in [0.1, 0.15) is 0 Å². The van der Waals surface area contributed by atoms with Gasteiger partial charge in [0, 0.05) is 13.5 Å². The van der Waals surface area contributed by atoms with Gasteiger partial charge in [-0.3, -0.25) is 10.1 Å². The number of anilines is 1. The highest BCUT2D eigenvalue weighted by Gasteiger charge is 2.30. The average Bonchev–Trinajstić information content (AvgIpc) is 2.71. The average molecular weight is 267 g/mol. The van der Waals surface area contributed by atoms with E-state index < -0.39 is 0 Å². The summed E-state index contributed by atoms with van der Waals surface area (Å²) in [6.07, 6.45) is 1.41. The molecule has 0 spiro atoms. The van der Waals surface area contributed by atoms with Crippen LogP contribution in [0.4, 0.5) is 9.93 Å². The van der Waals surface area contributed by atoms with Crippen molar-refractivity contribution in [2.75, 3.05) is 12.4 Å². The predicted octanol–water partition coefficient (Wildman–Crippen LogP) is 2.30. The maximum Gasteiger partial charge on any atom is 0.320 e. The van der Waals surface area contributed by atoms with Crippen molar-refractivity contribution in [2.24, 2.45) is 11.8 Å². The number of amides is 2. The Morgan fingerprint density at radius 2 is 2.17 bits per heavy atom. The number of nitrogens with one attached hydrogen (secondary N) is 2. The lowest BCUT2D eigenvalue weighted by molar-refractivity contribution is 0.0937. The zero-order valence-electron chi connectivity index (χ0n) is 10.7. The molecule has 0 radical (unpaired) electrons. The van der Waals surface area contributed by atoms with Crippen LogP contribution in [0, 0.1) is 11.8 Å². The Morgan fingerprint density at radius 1 is 1.44 bits per heavy atom. The molecular formula is C12H17N3O2S. The van der Waals surface area contributed by atoms with Crippen LogP contribution in [0.2, 0.25) is 0 Å². The highest BCUT2D eigenvalue weighted by molar-refractivity contribution is 7.17. The molecule has 2 amide bonds. The number of hydrogen-bond donors (Lipinski definition) is 2. The van der Waals surface area contributed by atoms with Gasteiger partial charge in [-0.25, -0.2) is 9.78 Å². The lowest BCUT2D eigenvalue weighted by atomic mass is 9.82. The van der Waals surface area contributed by atoms with Gasteiger partial charge in [-0.1, -0.05) is 25.2 Å². The Balaban J connectivity index is 2.21. The zero-order valence-corrected chi connectivity index (χ0v) is 11.6. The van der Waals surface area contributed by atoms with E-state index >= 15 is 0 Å². The molecule has 1 atom stereocenters. The number of ketones is 1. The van der Waals surface area contributed by atoms with E-state index in [-0.39, 0.29) is 11.8 Å². The van der Waals surface area contributed by atoms with E-state index in [1.54, 1.807) is 7.05 Å². The van der Waals surface area contributed by atoms with E-state index in [0.29, 0.717) is 28.3 Å². The molecule has 2 N–H and O–H groups in total. The van der Waals surface area contributed by atoms with Gasteiger partial charge in [0.15, 0.2) is 10.9 Å². The fraction of sp³-hybridized carbons (Fsp3) is 0.583. The number of rotatable bonds is 2. The molecule has 0 aliphatic heterocycles. The molecule has 6 heteroatoms.